The van der Waals surface area contributed by atoms with Gasteiger partial charge in [0.25, 0.3) is 0 Å². The zero-order valence-corrected chi connectivity index (χ0v) is 33.6. The number of hydrogen-bond acceptors (Lipinski definition) is 3. The van der Waals surface area contributed by atoms with Gasteiger partial charge in [0.1, 0.15) is 0 Å². The van der Waals surface area contributed by atoms with Crippen molar-refractivity contribution in [2.45, 2.75) is 0 Å². The van der Waals surface area contributed by atoms with Crippen molar-refractivity contribution in [3.63, 3.8) is 0 Å². The molecule has 0 amide bonds. The molecule has 0 bridgehead atoms. The number of rotatable bonds is 7. The van der Waals surface area contributed by atoms with Crippen LogP contribution in [0.4, 0.5) is 0 Å². The summed E-state index contributed by atoms with van der Waals surface area (Å²) in [4.78, 5) is 15.7. The van der Waals surface area contributed by atoms with Gasteiger partial charge in [0.05, 0.1) is 27.8 Å². The molecule has 3 aromatic heterocycles. The lowest BCUT2D eigenvalue weighted by atomic mass is 9.97. The quantitative estimate of drug-likeness (QED) is 0.162. The van der Waals surface area contributed by atoms with Gasteiger partial charge in [-0.25, -0.2) is 15.0 Å². The third-order valence-corrected chi connectivity index (χ3v) is 12.0. The molecule has 290 valence electrons. The van der Waals surface area contributed by atoms with E-state index in [0.29, 0.717) is 17.5 Å². The van der Waals surface area contributed by atoms with Crippen LogP contribution in [0.25, 0.3) is 111 Å². The second-order valence-corrected chi connectivity index (χ2v) is 15.6. The molecule has 5 nitrogen and oxygen atoms in total. The van der Waals surface area contributed by atoms with E-state index in [2.05, 4.69) is 209 Å². The Balaban J connectivity index is 1.12. The zero-order chi connectivity index (χ0) is 41.0. The number of para-hydroxylation sites is 4. The highest BCUT2D eigenvalue weighted by molar-refractivity contribution is 6.16. The predicted octanol–water partition coefficient (Wildman–Crippen LogP) is 14.4. The Morgan fingerprint density at radius 1 is 0.274 bits per heavy atom. The van der Waals surface area contributed by atoms with Gasteiger partial charge in [-0.1, -0.05) is 176 Å². The van der Waals surface area contributed by atoms with Crippen molar-refractivity contribution in [3.8, 4) is 67.8 Å². The smallest absolute Gasteiger partial charge is 0.166 e. The lowest BCUT2D eigenvalue weighted by Crippen LogP contribution is -2.04. The van der Waals surface area contributed by atoms with Crippen LogP contribution in [0.15, 0.2) is 224 Å². The summed E-state index contributed by atoms with van der Waals surface area (Å²) in [5.41, 5.74) is 14.0. The average molecular weight is 792 g/mol. The minimum Gasteiger partial charge on any atom is -0.309 e. The van der Waals surface area contributed by atoms with Crippen LogP contribution in [0, 0.1) is 0 Å². The maximum Gasteiger partial charge on any atom is 0.166 e. The van der Waals surface area contributed by atoms with E-state index in [1.54, 1.807) is 0 Å². The minimum atomic E-state index is 0.600. The van der Waals surface area contributed by atoms with Gasteiger partial charge in [-0.05, 0) is 70.8 Å². The topological polar surface area (TPSA) is 48.5 Å². The van der Waals surface area contributed by atoms with Gasteiger partial charge < -0.3 is 9.13 Å². The van der Waals surface area contributed by atoms with Crippen molar-refractivity contribution in [3.05, 3.63) is 224 Å². The van der Waals surface area contributed by atoms with Gasteiger partial charge in [-0.15, -0.1) is 0 Å². The molecule has 0 aliphatic heterocycles. The fourth-order valence-corrected chi connectivity index (χ4v) is 9.15. The van der Waals surface area contributed by atoms with E-state index in [0.717, 1.165) is 66.9 Å². The van der Waals surface area contributed by atoms with Gasteiger partial charge in [0, 0.05) is 43.9 Å². The molecule has 0 N–H and O–H groups in total. The van der Waals surface area contributed by atoms with Crippen LogP contribution in [0.2, 0.25) is 0 Å². The summed E-state index contributed by atoms with van der Waals surface area (Å²) in [5.74, 6) is 1.83. The largest absolute Gasteiger partial charge is 0.309 e. The Bertz CT molecular complexity index is 3550. The van der Waals surface area contributed by atoms with Crippen LogP contribution in [-0.2, 0) is 0 Å². The van der Waals surface area contributed by atoms with E-state index in [4.69, 9.17) is 15.0 Å². The first-order valence-electron chi connectivity index (χ1n) is 21.0. The predicted molar refractivity (Wildman–Crippen MR) is 256 cm³/mol. The fourth-order valence-electron chi connectivity index (χ4n) is 9.15. The van der Waals surface area contributed by atoms with Crippen LogP contribution in [-0.4, -0.2) is 24.1 Å². The third kappa shape index (κ3) is 5.90. The van der Waals surface area contributed by atoms with Crippen LogP contribution in [0.5, 0.6) is 0 Å². The van der Waals surface area contributed by atoms with E-state index in [1.165, 1.54) is 27.1 Å². The number of nitrogens with zero attached hydrogens (tertiary/aromatic N) is 5. The van der Waals surface area contributed by atoms with Crippen LogP contribution in [0.1, 0.15) is 0 Å². The molecule has 0 radical (unpaired) electrons. The van der Waals surface area contributed by atoms with Crippen LogP contribution < -0.4 is 0 Å². The summed E-state index contributed by atoms with van der Waals surface area (Å²) in [6.45, 7) is 0. The Kier molecular flexibility index (Phi) is 8.42. The molecule has 12 rings (SSSR count). The zero-order valence-electron chi connectivity index (χ0n) is 33.6. The molecule has 0 saturated heterocycles. The Hall–Kier alpha value is -8.41. The molecule has 0 atom stereocenters. The molecule has 0 spiro atoms. The second-order valence-electron chi connectivity index (χ2n) is 15.6. The summed E-state index contributed by atoms with van der Waals surface area (Å²) in [7, 11) is 0. The minimum absolute atomic E-state index is 0.600. The lowest BCUT2D eigenvalue weighted by Gasteiger charge is -2.17. The van der Waals surface area contributed by atoms with E-state index >= 15 is 0 Å². The van der Waals surface area contributed by atoms with Crippen molar-refractivity contribution in [2.75, 3.05) is 0 Å². The van der Waals surface area contributed by atoms with Crippen molar-refractivity contribution in [1.29, 1.82) is 0 Å². The summed E-state index contributed by atoms with van der Waals surface area (Å²) >= 11 is 0. The Morgan fingerprint density at radius 2 is 0.726 bits per heavy atom. The normalized spacial score (nSPS) is 11.5. The van der Waals surface area contributed by atoms with Crippen molar-refractivity contribution in [2.24, 2.45) is 0 Å². The molecular formula is C57H37N5. The van der Waals surface area contributed by atoms with Gasteiger partial charge in [0.15, 0.2) is 17.5 Å². The second kappa shape index (κ2) is 14.7. The first kappa shape index (κ1) is 35.5. The molecule has 5 heteroatoms. The van der Waals surface area contributed by atoms with Gasteiger partial charge in [0.2, 0.25) is 0 Å². The van der Waals surface area contributed by atoms with E-state index in [-0.39, 0.29) is 0 Å². The molecule has 0 unspecified atom stereocenters. The number of hydrogen-bond donors (Lipinski definition) is 0. The number of aromatic nitrogens is 5. The monoisotopic (exact) mass is 791 g/mol. The first-order valence-corrected chi connectivity index (χ1v) is 21.0. The van der Waals surface area contributed by atoms with Crippen LogP contribution in [0.3, 0.4) is 0 Å². The third-order valence-electron chi connectivity index (χ3n) is 12.0. The van der Waals surface area contributed by atoms with Crippen molar-refractivity contribution >= 4 is 43.6 Å². The molecule has 0 aliphatic rings. The summed E-state index contributed by atoms with van der Waals surface area (Å²) in [5, 5.41) is 4.79. The fraction of sp³-hybridized carbons (Fsp3) is 0. The highest BCUT2D eigenvalue weighted by Gasteiger charge is 2.22. The Labute approximate surface area is 358 Å². The van der Waals surface area contributed by atoms with Gasteiger partial charge in [-0.2, -0.15) is 0 Å². The van der Waals surface area contributed by atoms with E-state index in [1.807, 2.05) is 24.3 Å². The molecule has 3 heterocycles. The first-order chi connectivity index (χ1) is 30.8. The Morgan fingerprint density at radius 3 is 1.37 bits per heavy atom. The highest BCUT2D eigenvalue weighted by Crippen LogP contribution is 2.42. The summed E-state index contributed by atoms with van der Waals surface area (Å²) in [6, 6.07) is 79.3. The molecule has 9 aromatic carbocycles. The van der Waals surface area contributed by atoms with E-state index in [9.17, 15) is 0 Å². The highest BCUT2D eigenvalue weighted by atomic mass is 15.1. The van der Waals surface area contributed by atoms with Crippen LogP contribution >= 0.6 is 0 Å². The maximum absolute atomic E-state index is 5.32. The summed E-state index contributed by atoms with van der Waals surface area (Å²) < 4.78 is 4.76. The van der Waals surface area contributed by atoms with Crippen molar-refractivity contribution < 1.29 is 0 Å². The summed E-state index contributed by atoms with van der Waals surface area (Å²) in [6.07, 6.45) is 0. The molecule has 0 saturated carbocycles. The average Bonchev–Trinajstić information content (AvgIpc) is 3.88. The number of benzene rings is 9. The SMILES string of the molecule is c1ccc(-c2ccc(-c3nc(-c4ccccc4)nc(-c4ccc(-c5cccc6c5c5ccccc5n6-c5ccccc5)cc4-n4c5ccccc5c5ccccc54)n3)cc2)cc1. The lowest BCUT2D eigenvalue weighted by molar-refractivity contribution is 1.06. The van der Waals surface area contributed by atoms with Gasteiger partial charge >= 0.3 is 0 Å². The number of fused-ring (bicyclic) bond motifs is 6. The van der Waals surface area contributed by atoms with Gasteiger partial charge in [-0.3, -0.25) is 0 Å². The van der Waals surface area contributed by atoms with E-state index < -0.39 is 0 Å². The van der Waals surface area contributed by atoms with Crippen molar-refractivity contribution in [1.82, 2.24) is 24.1 Å². The molecule has 0 aliphatic carbocycles. The molecule has 12 aromatic rings. The standard InChI is InChI=1S/C57H37N5/c1-4-17-38(18-5-1)39-31-33-41(34-32-39)56-58-55(40-19-6-2-7-20-40)59-57(60-56)48-36-35-42(37-53(48)62-49-27-13-10-23-45(49)46-24-11-14-28-50(46)62)44-26-16-30-52-54(44)47-25-12-15-29-51(47)61(52)43-21-8-3-9-22-43/h1-37H. The maximum atomic E-state index is 5.32. The molecule has 0 fully saturated rings. The molecule has 62 heavy (non-hydrogen) atoms. The molecular weight excluding hydrogens is 755 g/mol.